The van der Waals surface area contributed by atoms with Crippen molar-refractivity contribution in [3.63, 3.8) is 0 Å². The number of benzene rings is 1. The molecule has 2 aromatic rings. The largest absolute Gasteiger partial charge is 0.493 e. The first kappa shape index (κ1) is 20.0. The normalized spacial score (nSPS) is 12.1. The summed E-state index contributed by atoms with van der Waals surface area (Å²) in [5, 5.41) is 6.20. The molecule has 0 aliphatic carbocycles. The zero-order chi connectivity index (χ0) is 19.2. The molecule has 0 atom stereocenters. The number of rotatable bonds is 7. The van der Waals surface area contributed by atoms with E-state index >= 15 is 0 Å². The van der Waals surface area contributed by atoms with E-state index in [-0.39, 0.29) is 5.41 Å². The van der Waals surface area contributed by atoms with E-state index in [1.54, 1.807) is 25.6 Å². The van der Waals surface area contributed by atoms with E-state index in [2.05, 4.69) is 41.4 Å². The van der Waals surface area contributed by atoms with Crippen molar-refractivity contribution in [3.8, 4) is 11.5 Å². The van der Waals surface area contributed by atoms with Crippen molar-refractivity contribution < 1.29 is 9.47 Å². The summed E-state index contributed by atoms with van der Waals surface area (Å²) < 4.78 is 10.6. The third kappa shape index (κ3) is 5.62. The van der Waals surface area contributed by atoms with Gasteiger partial charge in [0, 0.05) is 17.3 Å². The van der Waals surface area contributed by atoms with Crippen LogP contribution in [0.15, 0.2) is 28.6 Å². The summed E-state index contributed by atoms with van der Waals surface area (Å²) in [6.07, 6.45) is 0.808. The minimum atomic E-state index is 0.0572. The van der Waals surface area contributed by atoms with Gasteiger partial charge in [-0.25, -0.2) is 9.98 Å². The minimum Gasteiger partial charge on any atom is -0.493 e. The monoisotopic (exact) mass is 376 g/mol. The summed E-state index contributed by atoms with van der Waals surface area (Å²) in [5.41, 5.74) is 8.24. The highest BCUT2D eigenvalue weighted by molar-refractivity contribution is 7.09. The molecule has 7 heteroatoms. The highest BCUT2D eigenvalue weighted by Gasteiger charge is 2.17. The second-order valence-electron chi connectivity index (χ2n) is 6.94. The standard InChI is InChI=1S/C19H28N4O2S/c1-19(2,3)16-12-26-17(23-16)11-22-18(20)21-9-8-13-6-7-14(24-4)15(10-13)25-5/h6-7,10,12H,8-9,11H2,1-5H3,(H3,20,21,22). The fourth-order valence-corrected chi connectivity index (χ4v) is 3.25. The third-order valence-electron chi connectivity index (χ3n) is 3.87. The number of aliphatic imine (C=N–C) groups is 1. The van der Waals surface area contributed by atoms with Crippen molar-refractivity contribution >= 4 is 17.3 Å². The van der Waals surface area contributed by atoms with Gasteiger partial charge in [0.05, 0.1) is 26.5 Å². The molecule has 26 heavy (non-hydrogen) atoms. The molecule has 0 bridgehead atoms. The van der Waals surface area contributed by atoms with Gasteiger partial charge in [-0.2, -0.15) is 0 Å². The number of methoxy groups -OCH3 is 2. The van der Waals surface area contributed by atoms with Gasteiger partial charge in [0.15, 0.2) is 17.5 Å². The maximum absolute atomic E-state index is 5.95. The Labute approximate surface area is 159 Å². The highest BCUT2D eigenvalue weighted by Crippen LogP contribution is 2.27. The van der Waals surface area contributed by atoms with E-state index in [9.17, 15) is 0 Å². The molecule has 1 aromatic heterocycles. The van der Waals surface area contributed by atoms with Crippen molar-refractivity contribution in [2.24, 2.45) is 10.7 Å². The molecule has 2 rings (SSSR count). The number of thiazole rings is 1. The summed E-state index contributed by atoms with van der Waals surface area (Å²) in [7, 11) is 3.26. The first-order valence-electron chi connectivity index (χ1n) is 8.53. The zero-order valence-corrected chi connectivity index (χ0v) is 16.9. The Balaban J connectivity index is 1.84. The smallest absolute Gasteiger partial charge is 0.189 e. The van der Waals surface area contributed by atoms with Gasteiger partial charge < -0.3 is 20.5 Å². The van der Waals surface area contributed by atoms with Gasteiger partial charge in [0.25, 0.3) is 0 Å². The predicted octanol–water partition coefficient (Wildman–Crippen LogP) is 3.10. The summed E-state index contributed by atoms with van der Waals surface area (Å²) in [4.78, 5) is 8.99. The first-order valence-corrected chi connectivity index (χ1v) is 9.41. The van der Waals surface area contributed by atoms with Crippen LogP contribution in [-0.4, -0.2) is 31.7 Å². The van der Waals surface area contributed by atoms with Gasteiger partial charge in [-0.3, -0.25) is 0 Å². The lowest BCUT2D eigenvalue weighted by molar-refractivity contribution is 0.354. The maximum atomic E-state index is 5.95. The average Bonchev–Trinajstić information content (AvgIpc) is 3.09. The molecule has 0 aliphatic rings. The Morgan fingerprint density at radius 1 is 1.23 bits per heavy atom. The van der Waals surface area contributed by atoms with E-state index in [0.717, 1.165) is 34.2 Å². The number of hydrogen-bond donors (Lipinski definition) is 2. The molecule has 0 saturated heterocycles. The van der Waals surface area contributed by atoms with Crippen molar-refractivity contribution in [3.05, 3.63) is 39.8 Å². The molecule has 0 saturated carbocycles. The lowest BCUT2D eigenvalue weighted by Gasteiger charge is -2.14. The lowest BCUT2D eigenvalue weighted by atomic mass is 9.93. The fourth-order valence-electron chi connectivity index (χ4n) is 2.31. The van der Waals surface area contributed by atoms with E-state index in [4.69, 9.17) is 15.2 Å². The minimum absolute atomic E-state index is 0.0572. The molecule has 0 unspecified atom stereocenters. The van der Waals surface area contributed by atoms with E-state index < -0.39 is 0 Å². The van der Waals surface area contributed by atoms with Crippen LogP contribution in [0.25, 0.3) is 0 Å². The third-order valence-corrected chi connectivity index (χ3v) is 4.71. The van der Waals surface area contributed by atoms with Gasteiger partial charge >= 0.3 is 0 Å². The molecule has 142 valence electrons. The van der Waals surface area contributed by atoms with Gasteiger partial charge in [0.2, 0.25) is 0 Å². The van der Waals surface area contributed by atoms with E-state index in [0.29, 0.717) is 19.0 Å². The zero-order valence-electron chi connectivity index (χ0n) is 16.1. The molecule has 0 amide bonds. The van der Waals surface area contributed by atoms with Gasteiger partial charge in [-0.05, 0) is 24.1 Å². The molecule has 1 heterocycles. The SMILES string of the molecule is COc1ccc(CCNC(N)=NCc2nc(C(C)(C)C)cs2)cc1OC. The predicted molar refractivity (Wildman–Crippen MR) is 107 cm³/mol. The fraction of sp³-hybridized carbons (Fsp3) is 0.474. The molecule has 3 N–H and O–H groups in total. The van der Waals surface area contributed by atoms with E-state index in [1.807, 2.05) is 18.2 Å². The number of ether oxygens (including phenoxy) is 2. The summed E-state index contributed by atoms with van der Waals surface area (Å²) >= 11 is 1.62. The number of aromatic nitrogens is 1. The van der Waals surface area contributed by atoms with Crippen LogP contribution in [0.4, 0.5) is 0 Å². The van der Waals surface area contributed by atoms with Crippen molar-refractivity contribution in [1.82, 2.24) is 10.3 Å². The summed E-state index contributed by atoms with van der Waals surface area (Å²) in [6, 6.07) is 5.89. The van der Waals surface area contributed by atoms with Crippen LogP contribution in [0.1, 0.15) is 37.0 Å². The number of nitrogens with one attached hydrogen (secondary N) is 1. The lowest BCUT2D eigenvalue weighted by Crippen LogP contribution is -2.33. The van der Waals surface area contributed by atoms with Gasteiger partial charge in [0.1, 0.15) is 5.01 Å². The summed E-state index contributed by atoms with van der Waals surface area (Å²) in [5.74, 6) is 1.88. The number of guanidine groups is 1. The topological polar surface area (TPSA) is 81.8 Å². The Hall–Kier alpha value is -2.28. The first-order chi connectivity index (χ1) is 12.3. The van der Waals surface area contributed by atoms with Gasteiger partial charge in [-0.1, -0.05) is 26.8 Å². The van der Waals surface area contributed by atoms with Crippen LogP contribution >= 0.6 is 11.3 Å². The average molecular weight is 377 g/mol. The quantitative estimate of drug-likeness (QED) is 0.573. The van der Waals surface area contributed by atoms with Crippen molar-refractivity contribution in [2.75, 3.05) is 20.8 Å². The van der Waals surface area contributed by atoms with E-state index in [1.165, 1.54) is 0 Å². The maximum Gasteiger partial charge on any atom is 0.189 e. The molecule has 0 spiro atoms. The van der Waals surface area contributed by atoms with Crippen molar-refractivity contribution in [2.45, 2.75) is 39.2 Å². The van der Waals surface area contributed by atoms with Crippen LogP contribution in [0, 0.1) is 0 Å². The molecular formula is C19H28N4O2S. The second kappa shape index (κ2) is 8.89. The summed E-state index contributed by atoms with van der Waals surface area (Å²) in [6.45, 7) is 7.64. The van der Waals surface area contributed by atoms with Gasteiger partial charge in [-0.15, -0.1) is 11.3 Å². The molecular weight excluding hydrogens is 348 g/mol. The van der Waals surface area contributed by atoms with Crippen LogP contribution < -0.4 is 20.5 Å². The number of nitrogens with two attached hydrogens (primary N) is 1. The molecule has 1 aromatic carbocycles. The van der Waals surface area contributed by atoms with Crippen LogP contribution in [0.3, 0.4) is 0 Å². The van der Waals surface area contributed by atoms with Crippen LogP contribution in [0.2, 0.25) is 0 Å². The molecule has 0 fully saturated rings. The van der Waals surface area contributed by atoms with Crippen LogP contribution in [-0.2, 0) is 18.4 Å². The molecule has 6 nitrogen and oxygen atoms in total. The second-order valence-corrected chi connectivity index (χ2v) is 7.89. The number of nitrogens with zero attached hydrogens (tertiary/aromatic N) is 2. The Bertz CT molecular complexity index is 750. The van der Waals surface area contributed by atoms with Crippen LogP contribution in [0.5, 0.6) is 11.5 Å². The molecule has 0 aliphatic heterocycles. The Morgan fingerprint density at radius 2 is 1.96 bits per heavy atom. The number of hydrogen-bond acceptors (Lipinski definition) is 5. The Morgan fingerprint density at radius 3 is 2.58 bits per heavy atom. The Kier molecular flexibility index (Phi) is 6.85. The molecule has 0 radical (unpaired) electrons. The highest BCUT2D eigenvalue weighted by atomic mass is 32.1. The van der Waals surface area contributed by atoms with Crippen molar-refractivity contribution in [1.29, 1.82) is 0 Å².